The first-order valence-electron chi connectivity index (χ1n) is 6.47. The van der Waals surface area contributed by atoms with Crippen LogP contribution in [0, 0.1) is 0 Å². The fraction of sp³-hybridized carbons (Fsp3) is 0.571. The number of unbranched alkanes of at least 4 members (excludes halogenated alkanes) is 1. The van der Waals surface area contributed by atoms with Gasteiger partial charge in [0.05, 0.1) is 0 Å². The molecule has 1 rings (SSSR count). The van der Waals surface area contributed by atoms with Gasteiger partial charge in [-0.15, -0.1) is 0 Å². The van der Waals surface area contributed by atoms with E-state index in [0.717, 1.165) is 38.0 Å². The van der Waals surface area contributed by atoms with Crippen molar-refractivity contribution in [3.05, 3.63) is 23.8 Å². The third-order valence-corrected chi connectivity index (χ3v) is 3.09. The van der Waals surface area contributed by atoms with Gasteiger partial charge in [0, 0.05) is 31.1 Å². The highest BCUT2D eigenvalue weighted by atomic mass is 16.2. The van der Waals surface area contributed by atoms with Crippen molar-refractivity contribution in [2.45, 2.75) is 33.1 Å². The largest absolute Gasteiger partial charge is 0.399 e. The van der Waals surface area contributed by atoms with E-state index in [2.05, 4.69) is 30.9 Å². The Kier molecular flexibility index (Phi) is 5.84. The summed E-state index contributed by atoms with van der Waals surface area (Å²) in [6.45, 7) is 6.53. The highest BCUT2D eigenvalue weighted by Crippen LogP contribution is 2.22. The summed E-state index contributed by atoms with van der Waals surface area (Å²) in [7, 11) is 0. The molecule has 17 heavy (non-hydrogen) atoms. The van der Waals surface area contributed by atoms with Crippen molar-refractivity contribution in [3.8, 4) is 0 Å². The maximum atomic E-state index is 8.81. The van der Waals surface area contributed by atoms with Gasteiger partial charge in [0.2, 0.25) is 0 Å². The van der Waals surface area contributed by atoms with Gasteiger partial charge in [-0.25, -0.2) is 0 Å². The SMILES string of the molecule is CCc1cc(N(CC)CCCCO)ccc1N. The van der Waals surface area contributed by atoms with E-state index >= 15 is 0 Å². The summed E-state index contributed by atoms with van der Waals surface area (Å²) in [6.07, 6.45) is 2.86. The molecule has 1 aromatic rings. The van der Waals surface area contributed by atoms with Crippen LogP contribution in [0.15, 0.2) is 18.2 Å². The van der Waals surface area contributed by atoms with E-state index in [1.807, 2.05) is 6.07 Å². The number of aryl methyl sites for hydroxylation is 1. The smallest absolute Gasteiger partial charge is 0.0431 e. The van der Waals surface area contributed by atoms with E-state index in [1.165, 1.54) is 11.3 Å². The second kappa shape index (κ2) is 7.17. The lowest BCUT2D eigenvalue weighted by Gasteiger charge is -2.24. The van der Waals surface area contributed by atoms with Gasteiger partial charge in [0.15, 0.2) is 0 Å². The Morgan fingerprint density at radius 3 is 2.59 bits per heavy atom. The predicted octanol–water partition coefficient (Wildman–Crippen LogP) is 2.43. The topological polar surface area (TPSA) is 49.5 Å². The van der Waals surface area contributed by atoms with Gasteiger partial charge in [0.25, 0.3) is 0 Å². The summed E-state index contributed by atoms with van der Waals surface area (Å²) < 4.78 is 0. The van der Waals surface area contributed by atoms with Crippen LogP contribution in [0.5, 0.6) is 0 Å². The third-order valence-electron chi connectivity index (χ3n) is 3.09. The highest BCUT2D eigenvalue weighted by Gasteiger charge is 2.06. The standard InChI is InChI=1S/C14H24N2O/c1-3-12-11-13(7-8-14(12)15)16(4-2)9-5-6-10-17/h7-8,11,17H,3-6,9-10,15H2,1-2H3. The average molecular weight is 236 g/mol. The zero-order chi connectivity index (χ0) is 12.7. The van der Waals surface area contributed by atoms with Gasteiger partial charge >= 0.3 is 0 Å². The van der Waals surface area contributed by atoms with E-state index in [9.17, 15) is 0 Å². The van der Waals surface area contributed by atoms with Gasteiger partial charge < -0.3 is 15.7 Å². The predicted molar refractivity (Wildman–Crippen MR) is 74.4 cm³/mol. The fourth-order valence-corrected chi connectivity index (χ4v) is 1.98. The van der Waals surface area contributed by atoms with E-state index in [0.29, 0.717) is 0 Å². The molecule has 0 bridgehead atoms. The number of nitrogen functional groups attached to an aromatic ring is 1. The van der Waals surface area contributed by atoms with Gasteiger partial charge in [-0.2, -0.15) is 0 Å². The average Bonchev–Trinajstić information content (AvgIpc) is 2.36. The third kappa shape index (κ3) is 3.93. The summed E-state index contributed by atoms with van der Waals surface area (Å²) in [4.78, 5) is 2.33. The molecule has 3 N–H and O–H groups in total. The van der Waals surface area contributed by atoms with Crippen molar-refractivity contribution in [3.63, 3.8) is 0 Å². The molecule has 1 aromatic carbocycles. The Balaban J connectivity index is 2.73. The molecular weight excluding hydrogens is 212 g/mol. The van der Waals surface area contributed by atoms with E-state index < -0.39 is 0 Å². The fourth-order valence-electron chi connectivity index (χ4n) is 1.98. The zero-order valence-corrected chi connectivity index (χ0v) is 10.9. The van der Waals surface area contributed by atoms with Crippen LogP contribution in [0.4, 0.5) is 11.4 Å². The summed E-state index contributed by atoms with van der Waals surface area (Å²) >= 11 is 0. The lowest BCUT2D eigenvalue weighted by molar-refractivity contribution is 0.285. The van der Waals surface area contributed by atoms with Crippen molar-refractivity contribution in [1.29, 1.82) is 0 Å². The van der Waals surface area contributed by atoms with Gasteiger partial charge in [-0.05, 0) is 49.9 Å². The quantitative estimate of drug-likeness (QED) is 0.564. The van der Waals surface area contributed by atoms with Gasteiger partial charge in [-0.3, -0.25) is 0 Å². The first kappa shape index (κ1) is 13.8. The van der Waals surface area contributed by atoms with E-state index in [4.69, 9.17) is 10.8 Å². The van der Waals surface area contributed by atoms with Gasteiger partial charge in [-0.1, -0.05) is 6.92 Å². The van der Waals surface area contributed by atoms with Crippen molar-refractivity contribution < 1.29 is 5.11 Å². The van der Waals surface area contributed by atoms with Crippen molar-refractivity contribution in [1.82, 2.24) is 0 Å². The number of aliphatic hydroxyl groups is 1. The van der Waals surface area contributed by atoms with Crippen LogP contribution in [0.3, 0.4) is 0 Å². The van der Waals surface area contributed by atoms with Crippen molar-refractivity contribution in [2.24, 2.45) is 0 Å². The molecular formula is C14H24N2O. The molecule has 96 valence electrons. The van der Waals surface area contributed by atoms with Crippen LogP contribution in [0.25, 0.3) is 0 Å². The van der Waals surface area contributed by atoms with Crippen molar-refractivity contribution in [2.75, 3.05) is 30.3 Å². The number of anilines is 2. The second-order valence-corrected chi connectivity index (χ2v) is 4.25. The summed E-state index contributed by atoms with van der Waals surface area (Å²) in [6, 6.07) is 6.25. The first-order chi connectivity index (χ1) is 8.22. The maximum absolute atomic E-state index is 8.81. The van der Waals surface area contributed by atoms with Crippen LogP contribution in [0.1, 0.15) is 32.3 Å². The maximum Gasteiger partial charge on any atom is 0.0431 e. The normalized spacial score (nSPS) is 10.5. The molecule has 0 fully saturated rings. The van der Waals surface area contributed by atoms with E-state index in [1.54, 1.807) is 0 Å². The molecule has 0 saturated heterocycles. The van der Waals surface area contributed by atoms with Crippen molar-refractivity contribution >= 4 is 11.4 Å². The minimum atomic E-state index is 0.277. The Morgan fingerprint density at radius 2 is 2.00 bits per heavy atom. The van der Waals surface area contributed by atoms with E-state index in [-0.39, 0.29) is 6.61 Å². The molecule has 0 radical (unpaired) electrons. The number of nitrogens with zero attached hydrogens (tertiary/aromatic N) is 1. The van der Waals surface area contributed by atoms with Crippen LogP contribution >= 0.6 is 0 Å². The molecule has 0 spiro atoms. The molecule has 0 unspecified atom stereocenters. The molecule has 0 aliphatic heterocycles. The summed E-state index contributed by atoms with van der Waals surface area (Å²) in [5, 5.41) is 8.81. The zero-order valence-electron chi connectivity index (χ0n) is 10.9. The minimum Gasteiger partial charge on any atom is -0.399 e. The number of hydrogen-bond acceptors (Lipinski definition) is 3. The number of aliphatic hydroxyl groups excluding tert-OH is 1. The lowest BCUT2D eigenvalue weighted by atomic mass is 10.1. The molecule has 3 nitrogen and oxygen atoms in total. The summed E-state index contributed by atoms with van der Waals surface area (Å²) in [5.74, 6) is 0. The molecule has 3 heteroatoms. The highest BCUT2D eigenvalue weighted by molar-refractivity contribution is 5.58. The van der Waals surface area contributed by atoms with Gasteiger partial charge in [0.1, 0.15) is 0 Å². The lowest BCUT2D eigenvalue weighted by Crippen LogP contribution is -2.24. The monoisotopic (exact) mass is 236 g/mol. The molecule has 0 heterocycles. The molecule has 0 saturated carbocycles. The first-order valence-corrected chi connectivity index (χ1v) is 6.47. The number of rotatable bonds is 7. The molecule has 0 aromatic heterocycles. The number of hydrogen-bond donors (Lipinski definition) is 2. The second-order valence-electron chi connectivity index (χ2n) is 4.25. The number of benzene rings is 1. The Hall–Kier alpha value is -1.22. The van der Waals surface area contributed by atoms with Crippen LogP contribution in [-0.2, 0) is 6.42 Å². The number of nitrogens with two attached hydrogens (primary N) is 1. The Morgan fingerprint density at radius 1 is 1.24 bits per heavy atom. The molecule has 0 amide bonds. The van der Waals surface area contributed by atoms with Crippen LogP contribution in [0.2, 0.25) is 0 Å². The van der Waals surface area contributed by atoms with Crippen LogP contribution < -0.4 is 10.6 Å². The molecule has 0 aliphatic carbocycles. The minimum absolute atomic E-state index is 0.277. The summed E-state index contributed by atoms with van der Waals surface area (Å²) in [5.41, 5.74) is 9.23. The Bertz CT molecular complexity index is 339. The van der Waals surface area contributed by atoms with Crippen LogP contribution in [-0.4, -0.2) is 24.8 Å². The molecule has 0 atom stereocenters. The molecule has 0 aliphatic rings. The Labute approximate surface area is 104 Å².